The number of pyridine rings is 1. The predicted molar refractivity (Wildman–Crippen MR) is 291 cm³/mol. The molecule has 13 rings (SSSR count). The average molecular weight is 1110 g/mol. The van der Waals surface area contributed by atoms with Crippen LogP contribution in [0.5, 0.6) is 11.5 Å². The molecule has 2 aliphatic rings. The minimum Gasteiger partial charge on any atom is -0.509 e. The smallest absolute Gasteiger partial charge is 0.135 e. The molecule has 0 saturated heterocycles. The molecule has 5 nitrogen and oxygen atoms in total. The van der Waals surface area contributed by atoms with E-state index in [1.807, 2.05) is 87.6 Å². The first-order valence-corrected chi connectivity index (χ1v) is 24.2. The Labute approximate surface area is 438 Å². The molecule has 0 fully saturated rings. The zero-order chi connectivity index (χ0) is 49.4. The van der Waals surface area contributed by atoms with E-state index in [0.717, 1.165) is 72.6 Å². The summed E-state index contributed by atoms with van der Waals surface area (Å²) in [5.74, 6) is 2.00. The van der Waals surface area contributed by atoms with Gasteiger partial charge in [-0.25, -0.2) is 4.98 Å². The molecular weight excluding hydrogens is 1060 g/mol. The molecule has 0 radical (unpaired) electrons. The van der Waals surface area contributed by atoms with Gasteiger partial charge in [0.1, 0.15) is 5.82 Å². The van der Waals surface area contributed by atoms with Gasteiger partial charge in [0.25, 0.3) is 0 Å². The molecule has 11 aromatic rings. The number of anilines is 4. The van der Waals surface area contributed by atoms with Crippen molar-refractivity contribution in [3.05, 3.63) is 260 Å². The monoisotopic (exact) mass is 1110 g/mol. The van der Waals surface area contributed by atoms with Gasteiger partial charge in [-0.2, -0.15) is 12.1 Å². The second-order valence-electron chi connectivity index (χ2n) is 19.4. The number of benzene rings is 9. The first-order valence-electron chi connectivity index (χ1n) is 25.2. The van der Waals surface area contributed by atoms with Crippen molar-refractivity contribution in [3.8, 4) is 50.7 Å². The van der Waals surface area contributed by atoms with Gasteiger partial charge >= 0.3 is 0 Å². The van der Waals surface area contributed by atoms with Crippen molar-refractivity contribution in [1.82, 2.24) is 9.55 Å². The molecular formula is C66H49N4OPt-3. The quantitative estimate of drug-likeness (QED) is 0.135. The third-order valence-electron chi connectivity index (χ3n) is 13.6. The van der Waals surface area contributed by atoms with Crippen LogP contribution in [0.3, 0.4) is 0 Å². The van der Waals surface area contributed by atoms with Crippen molar-refractivity contribution in [3.63, 3.8) is 0 Å². The number of ether oxygens (including phenoxy) is 1. The summed E-state index contributed by atoms with van der Waals surface area (Å²) < 4.78 is 27.9. The van der Waals surface area contributed by atoms with E-state index in [0.29, 0.717) is 17.1 Å². The SMILES string of the molecule is [2H]C([2H])(c1cc(-c2ccccc2)c(N2[CH-]N(c3[c-]c(Oc4[c-]c5c(cc4)c4ccccc4n5-c4cc(C5c6ccccc6-c6ccccc65)ccn4)ccc3)c3ccccc32)c(-c2ccccc2)c1)C(C)(C)C.[Pt]. The average Bonchev–Trinajstić information content (AvgIpc) is 4.09. The molecule has 352 valence electrons. The largest absolute Gasteiger partial charge is 0.509 e. The summed E-state index contributed by atoms with van der Waals surface area (Å²) >= 11 is 0. The molecule has 1 aliphatic carbocycles. The molecule has 9 aromatic carbocycles. The number of fused-ring (bicyclic) bond motifs is 7. The molecule has 0 amide bonds. The molecule has 0 spiro atoms. The minimum atomic E-state index is -1.64. The fraction of sp³-hybridized carbons (Fsp3) is 0.0909. The second-order valence-corrected chi connectivity index (χ2v) is 19.4. The molecule has 0 unspecified atom stereocenters. The van der Waals surface area contributed by atoms with E-state index in [4.69, 9.17) is 9.72 Å². The fourth-order valence-corrected chi connectivity index (χ4v) is 10.7. The maximum absolute atomic E-state index is 9.49. The van der Waals surface area contributed by atoms with Crippen LogP contribution in [-0.2, 0) is 27.4 Å². The summed E-state index contributed by atoms with van der Waals surface area (Å²) in [5, 5.41) is 2.17. The number of para-hydroxylation sites is 3. The number of nitrogens with zero attached hydrogens (tertiary/aromatic N) is 4. The summed E-state index contributed by atoms with van der Waals surface area (Å²) in [4.78, 5) is 9.41. The topological polar surface area (TPSA) is 33.5 Å². The van der Waals surface area contributed by atoms with Gasteiger partial charge in [-0.05, 0) is 104 Å². The zero-order valence-corrected chi connectivity index (χ0v) is 42.2. The van der Waals surface area contributed by atoms with E-state index >= 15 is 0 Å². The Hall–Kier alpha value is -7.98. The van der Waals surface area contributed by atoms with E-state index in [2.05, 4.69) is 185 Å². The molecule has 0 N–H and O–H groups in total. The van der Waals surface area contributed by atoms with Crippen molar-refractivity contribution in [2.45, 2.75) is 33.1 Å². The van der Waals surface area contributed by atoms with Crippen molar-refractivity contribution in [2.24, 2.45) is 5.41 Å². The third-order valence-corrected chi connectivity index (χ3v) is 13.6. The predicted octanol–water partition coefficient (Wildman–Crippen LogP) is 17.1. The fourth-order valence-electron chi connectivity index (χ4n) is 10.7. The zero-order valence-electron chi connectivity index (χ0n) is 42.0. The Morgan fingerprint density at radius 2 is 1.17 bits per heavy atom. The Bertz CT molecular complexity index is 3820. The van der Waals surface area contributed by atoms with Crippen molar-refractivity contribution in [1.29, 1.82) is 0 Å². The van der Waals surface area contributed by atoms with Crippen LogP contribution in [0, 0.1) is 24.2 Å². The first kappa shape index (κ1) is 42.9. The van der Waals surface area contributed by atoms with E-state index in [9.17, 15) is 2.74 Å². The van der Waals surface area contributed by atoms with Crippen molar-refractivity contribution in [2.75, 3.05) is 9.80 Å². The Kier molecular flexibility index (Phi) is 10.9. The number of aromatic nitrogens is 2. The molecule has 0 bridgehead atoms. The summed E-state index contributed by atoms with van der Waals surface area (Å²) in [5.41, 5.74) is 15.8. The molecule has 3 heterocycles. The van der Waals surface area contributed by atoms with Gasteiger partial charge in [-0.15, -0.1) is 48.1 Å². The molecule has 0 saturated carbocycles. The van der Waals surface area contributed by atoms with Crippen LogP contribution < -0.4 is 14.5 Å². The second kappa shape index (κ2) is 18.3. The van der Waals surface area contributed by atoms with Gasteiger partial charge < -0.3 is 19.1 Å². The van der Waals surface area contributed by atoms with Gasteiger partial charge in [0.05, 0.1) is 0 Å². The van der Waals surface area contributed by atoms with Crippen LogP contribution in [0.25, 0.3) is 61.0 Å². The molecule has 0 atom stereocenters. The van der Waals surface area contributed by atoms with Gasteiger partial charge in [0.15, 0.2) is 0 Å². The van der Waals surface area contributed by atoms with Crippen LogP contribution in [0.2, 0.25) is 0 Å². The number of hydrogen-bond acceptors (Lipinski definition) is 4. The van der Waals surface area contributed by atoms with Crippen LogP contribution in [-0.4, -0.2) is 9.55 Å². The van der Waals surface area contributed by atoms with E-state index in [1.165, 1.54) is 27.8 Å². The maximum atomic E-state index is 9.49. The normalized spacial score (nSPS) is 13.6. The van der Waals surface area contributed by atoms with E-state index in [-0.39, 0.29) is 27.0 Å². The van der Waals surface area contributed by atoms with E-state index in [1.54, 1.807) is 0 Å². The summed E-state index contributed by atoms with van der Waals surface area (Å²) in [6, 6.07) is 80.8. The van der Waals surface area contributed by atoms with Crippen LogP contribution in [0.4, 0.5) is 22.7 Å². The van der Waals surface area contributed by atoms with Crippen molar-refractivity contribution < 1.29 is 28.5 Å². The molecule has 2 aromatic heterocycles. The van der Waals surface area contributed by atoms with Gasteiger partial charge in [0.2, 0.25) is 0 Å². The van der Waals surface area contributed by atoms with E-state index < -0.39 is 11.8 Å². The number of hydrogen-bond donors (Lipinski definition) is 0. The summed E-state index contributed by atoms with van der Waals surface area (Å²) in [6.45, 7) is 8.01. The first-order chi connectivity index (χ1) is 35.6. The standard InChI is InChI=1S/C66H49N4O.Pt/c1-66(2,3)42-44-37-57(45-19-6-4-7-20-45)65(58(38-44)46-21-8-5-9-22-46)69-43-68(60-31-16-17-32-61(60)69)48-23-18-24-49(40-48)71-50-33-34-54-53-27-14-15-30-59(53)70(62(54)41-50)63-39-47(35-36-67-63)64-55-28-12-10-25-51(55)52-26-11-13-29-56(52)64;/h4-39,43,64H,42H2,1-3H3;/q-3;/i42D2;. The van der Waals surface area contributed by atoms with Crippen LogP contribution in [0.1, 0.15) is 51.7 Å². The van der Waals surface area contributed by atoms with Gasteiger partial charge in [0, 0.05) is 81.1 Å². The van der Waals surface area contributed by atoms with Crippen LogP contribution in [0.15, 0.2) is 219 Å². The Morgan fingerprint density at radius 3 is 1.85 bits per heavy atom. The molecule has 72 heavy (non-hydrogen) atoms. The summed E-state index contributed by atoms with van der Waals surface area (Å²) in [6.07, 6.45) is 0.292. The molecule has 6 heteroatoms. The number of rotatable bonds is 9. The third kappa shape index (κ3) is 7.99. The minimum absolute atomic E-state index is 0. The van der Waals surface area contributed by atoms with Crippen LogP contribution >= 0.6 is 0 Å². The maximum Gasteiger partial charge on any atom is 0.135 e. The van der Waals surface area contributed by atoms with Gasteiger partial charge in [-0.1, -0.05) is 166 Å². The summed E-state index contributed by atoms with van der Waals surface area (Å²) in [7, 11) is 0. The van der Waals surface area contributed by atoms with Crippen molar-refractivity contribution >= 4 is 44.6 Å². The van der Waals surface area contributed by atoms with Gasteiger partial charge in [-0.3, -0.25) is 0 Å². The molecule has 1 aliphatic heterocycles. The Morgan fingerprint density at radius 1 is 0.569 bits per heavy atom. The Balaban J connectivity index is 0.00000556.